The normalized spacial score (nSPS) is 15.1. The number of fused-ring (bicyclic) bond motifs is 1. The maximum Gasteiger partial charge on any atom is 0.322 e. The molecule has 9 heteroatoms. The third-order valence-corrected chi connectivity index (χ3v) is 4.86. The number of hydrogen-bond acceptors (Lipinski definition) is 4. The van der Waals surface area contributed by atoms with Crippen molar-refractivity contribution in [3.05, 3.63) is 54.5 Å². The summed E-state index contributed by atoms with van der Waals surface area (Å²) < 4.78 is 28.9. The Morgan fingerprint density at radius 2 is 1.89 bits per heavy atom. The number of hydrogen-bond donors (Lipinski definition) is 1. The Hall–Kier alpha value is -3.07. The zero-order chi connectivity index (χ0) is 19.5. The highest BCUT2D eigenvalue weighted by atomic mass is 19.1. The molecule has 0 aliphatic carbocycles. The molecule has 7 nitrogen and oxygen atoms in total. The fourth-order valence-electron chi connectivity index (χ4n) is 3.27. The van der Waals surface area contributed by atoms with Gasteiger partial charge in [-0.15, -0.1) is 0 Å². The number of amides is 2. The van der Waals surface area contributed by atoms with E-state index in [0.717, 1.165) is 42.5 Å². The Morgan fingerprint density at radius 3 is 2.71 bits per heavy atom. The van der Waals surface area contributed by atoms with Crippen molar-refractivity contribution in [2.45, 2.75) is 6.54 Å². The van der Waals surface area contributed by atoms with E-state index in [-0.39, 0.29) is 5.69 Å². The molecule has 0 unspecified atom stereocenters. The molecule has 1 aliphatic rings. The molecule has 1 fully saturated rings. The summed E-state index contributed by atoms with van der Waals surface area (Å²) in [6, 6.07) is 6.36. The molecule has 3 heterocycles. The van der Waals surface area contributed by atoms with Crippen molar-refractivity contribution in [2.24, 2.45) is 0 Å². The van der Waals surface area contributed by atoms with Crippen LogP contribution in [0.2, 0.25) is 0 Å². The van der Waals surface area contributed by atoms with E-state index in [0.29, 0.717) is 26.2 Å². The van der Waals surface area contributed by atoms with E-state index >= 15 is 0 Å². The number of nitrogens with zero attached hydrogens (tertiary/aromatic N) is 5. The number of anilines is 1. The quantitative estimate of drug-likeness (QED) is 0.749. The van der Waals surface area contributed by atoms with E-state index in [9.17, 15) is 13.6 Å². The molecule has 0 radical (unpaired) electrons. The lowest BCUT2D eigenvalue weighted by molar-refractivity contribution is 0.144. The summed E-state index contributed by atoms with van der Waals surface area (Å²) in [4.78, 5) is 24.9. The molecule has 1 N–H and O–H groups in total. The van der Waals surface area contributed by atoms with Gasteiger partial charge >= 0.3 is 6.03 Å². The molecule has 1 saturated heterocycles. The monoisotopic (exact) mass is 386 g/mol. The summed E-state index contributed by atoms with van der Waals surface area (Å²) in [7, 11) is 0. The average Bonchev–Trinajstić information content (AvgIpc) is 3.13. The van der Waals surface area contributed by atoms with Crippen LogP contribution in [0.15, 0.2) is 42.9 Å². The molecule has 2 amide bonds. The number of piperazine rings is 1. The lowest BCUT2D eigenvalue weighted by Gasteiger charge is -2.34. The minimum Gasteiger partial charge on any atom is -0.322 e. The molecule has 0 saturated carbocycles. The fourth-order valence-corrected chi connectivity index (χ4v) is 3.27. The Bertz CT molecular complexity index is 983. The van der Waals surface area contributed by atoms with Gasteiger partial charge in [-0.05, 0) is 24.3 Å². The van der Waals surface area contributed by atoms with Crippen molar-refractivity contribution in [2.75, 3.05) is 38.0 Å². The molecule has 4 rings (SSSR count). The number of pyridine rings is 1. The lowest BCUT2D eigenvalue weighted by atomic mass is 10.3. The van der Waals surface area contributed by atoms with Crippen LogP contribution in [-0.2, 0) is 6.54 Å². The van der Waals surface area contributed by atoms with Crippen LogP contribution in [-0.4, -0.2) is 63.1 Å². The second-order valence-electron chi connectivity index (χ2n) is 6.67. The number of nitrogens with one attached hydrogen (secondary N) is 1. The summed E-state index contributed by atoms with van der Waals surface area (Å²) in [6.07, 6.45) is 3.54. The van der Waals surface area contributed by atoms with E-state index in [1.165, 1.54) is 0 Å². The van der Waals surface area contributed by atoms with Crippen LogP contribution in [0.5, 0.6) is 0 Å². The predicted molar refractivity (Wildman–Crippen MR) is 101 cm³/mol. The Balaban J connectivity index is 1.28. The number of urea groups is 1. The minimum atomic E-state index is -0.658. The van der Waals surface area contributed by atoms with Gasteiger partial charge in [-0.3, -0.25) is 4.90 Å². The molecular formula is C19H20F2N6O. The van der Waals surface area contributed by atoms with Gasteiger partial charge < -0.3 is 14.8 Å². The van der Waals surface area contributed by atoms with Gasteiger partial charge in [0.1, 0.15) is 17.2 Å². The number of benzene rings is 1. The first-order valence-electron chi connectivity index (χ1n) is 9.09. The van der Waals surface area contributed by atoms with Crippen LogP contribution in [0.4, 0.5) is 19.3 Å². The highest BCUT2D eigenvalue weighted by molar-refractivity contribution is 5.89. The van der Waals surface area contributed by atoms with Crippen molar-refractivity contribution >= 4 is 22.9 Å². The van der Waals surface area contributed by atoms with Crippen LogP contribution in [0.1, 0.15) is 0 Å². The summed E-state index contributed by atoms with van der Waals surface area (Å²) >= 11 is 0. The van der Waals surface area contributed by atoms with E-state index in [2.05, 4.69) is 20.2 Å². The van der Waals surface area contributed by atoms with Crippen molar-refractivity contribution in [1.82, 2.24) is 24.3 Å². The zero-order valence-corrected chi connectivity index (χ0v) is 15.2. The molecule has 1 aromatic carbocycles. The van der Waals surface area contributed by atoms with Gasteiger partial charge in [-0.2, -0.15) is 0 Å². The van der Waals surface area contributed by atoms with Crippen molar-refractivity contribution in [3.63, 3.8) is 0 Å². The van der Waals surface area contributed by atoms with Gasteiger partial charge in [0, 0.05) is 51.5 Å². The maximum atomic E-state index is 13.7. The number of carbonyl (C=O) groups excluding carboxylic acids is 1. The summed E-state index contributed by atoms with van der Waals surface area (Å²) in [5, 5.41) is 2.44. The third kappa shape index (κ3) is 3.94. The highest BCUT2D eigenvalue weighted by Gasteiger charge is 2.22. The largest absolute Gasteiger partial charge is 0.322 e. The van der Waals surface area contributed by atoms with Gasteiger partial charge in [-0.25, -0.2) is 23.5 Å². The summed E-state index contributed by atoms with van der Waals surface area (Å²) in [6.45, 7) is 4.03. The smallest absolute Gasteiger partial charge is 0.322 e. The van der Waals surface area contributed by atoms with Gasteiger partial charge in [0.15, 0.2) is 5.65 Å². The van der Waals surface area contributed by atoms with Crippen LogP contribution < -0.4 is 5.32 Å². The number of carbonyl (C=O) groups is 1. The third-order valence-electron chi connectivity index (χ3n) is 4.86. The first kappa shape index (κ1) is 18.3. The maximum absolute atomic E-state index is 13.7. The fraction of sp³-hybridized carbons (Fsp3) is 0.316. The Morgan fingerprint density at radius 1 is 1.07 bits per heavy atom. The molecule has 146 valence electrons. The molecule has 0 spiro atoms. The Kier molecular flexibility index (Phi) is 5.16. The van der Waals surface area contributed by atoms with E-state index in [1.807, 2.05) is 16.7 Å². The second kappa shape index (κ2) is 7.89. The van der Waals surface area contributed by atoms with Crippen LogP contribution in [0.25, 0.3) is 11.2 Å². The molecule has 0 bridgehead atoms. The molecule has 0 atom stereocenters. The second-order valence-corrected chi connectivity index (χ2v) is 6.67. The van der Waals surface area contributed by atoms with Crippen molar-refractivity contribution < 1.29 is 13.6 Å². The minimum absolute atomic E-state index is 0.146. The van der Waals surface area contributed by atoms with E-state index in [4.69, 9.17) is 0 Å². The van der Waals surface area contributed by atoms with Crippen LogP contribution in [0.3, 0.4) is 0 Å². The highest BCUT2D eigenvalue weighted by Crippen LogP contribution is 2.16. The van der Waals surface area contributed by atoms with Gasteiger partial charge in [0.2, 0.25) is 0 Å². The molecule has 1 aliphatic heterocycles. The molecular weight excluding hydrogens is 366 g/mol. The summed E-state index contributed by atoms with van der Waals surface area (Å²) in [5.41, 5.74) is 1.58. The number of aromatic nitrogens is 3. The van der Waals surface area contributed by atoms with Gasteiger partial charge in [-0.1, -0.05) is 0 Å². The first-order chi connectivity index (χ1) is 13.6. The van der Waals surface area contributed by atoms with Crippen molar-refractivity contribution in [1.29, 1.82) is 0 Å². The van der Waals surface area contributed by atoms with E-state index in [1.54, 1.807) is 17.4 Å². The SMILES string of the molecule is O=C(Nc1cc(F)ccc1F)N1CCN(CCn2cnc3cccnc32)CC1. The number of rotatable bonds is 4. The number of imidazole rings is 1. The zero-order valence-electron chi connectivity index (χ0n) is 15.2. The number of halogens is 2. The predicted octanol–water partition coefficient (Wildman–Crippen LogP) is 2.56. The van der Waals surface area contributed by atoms with Gasteiger partial charge in [0.05, 0.1) is 12.0 Å². The summed E-state index contributed by atoms with van der Waals surface area (Å²) in [5.74, 6) is -1.25. The molecule has 28 heavy (non-hydrogen) atoms. The molecule has 2 aromatic heterocycles. The van der Waals surface area contributed by atoms with Crippen molar-refractivity contribution in [3.8, 4) is 0 Å². The average molecular weight is 386 g/mol. The van der Waals surface area contributed by atoms with E-state index < -0.39 is 17.7 Å². The standard InChI is InChI=1S/C19H20F2N6O/c20-14-3-4-15(21)17(12-14)24-19(28)26-9-6-25(7-10-26)8-11-27-13-23-16-2-1-5-22-18(16)27/h1-5,12-13H,6-11H2,(H,24,28). The topological polar surface area (TPSA) is 66.3 Å². The lowest BCUT2D eigenvalue weighted by Crippen LogP contribution is -2.50. The first-order valence-corrected chi connectivity index (χ1v) is 9.09. The van der Waals surface area contributed by atoms with Gasteiger partial charge in [0.25, 0.3) is 0 Å². The Labute approximate surface area is 160 Å². The molecule has 3 aromatic rings. The van der Waals surface area contributed by atoms with Crippen LogP contribution >= 0.6 is 0 Å². The van der Waals surface area contributed by atoms with Crippen LogP contribution in [0, 0.1) is 11.6 Å².